The van der Waals surface area contributed by atoms with Gasteiger partial charge in [0.15, 0.2) is 0 Å². The van der Waals surface area contributed by atoms with Crippen LogP contribution in [-0.2, 0) is 16.7 Å². The normalized spacial score (nSPS) is 11.2. The SMILES string of the molecule is COC(=O)c1cc(CN(C)C(=O)NCC(C)(C)c2ccccc2F)oc1C. The number of carbonyl (C=O) groups excluding carboxylic acids is 2. The summed E-state index contributed by atoms with van der Waals surface area (Å²) >= 11 is 0. The van der Waals surface area contributed by atoms with E-state index in [-0.39, 0.29) is 24.9 Å². The summed E-state index contributed by atoms with van der Waals surface area (Å²) < 4.78 is 24.2. The maximum Gasteiger partial charge on any atom is 0.341 e. The quantitative estimate of drug-likeness (QED) is 0.782. The molecule has 1 N–H and O–H groups in total. The minimum atomic E-state index is -0.568. The number of ether oxygens (including phenoxy) is 1. The van der Waals surface area contributed by atoms with Crippen LogP contribution in [0.15, 0.2) is 34.7 Å². The fourth-order valence-electron chi connectivity index (χ4n) is 2.78. The lowest BCUT2D eigenvalue weighted by atomic mass is 9.84. The number of nitrogens with one attached hydrogen (secondary N) is 1. The molecule has 0 saturated carbocycles. The zero-order valence-corrected chi connectivity index (χ0v) is 16.3. The highest BCUT2D eigenvalue weighted by atomic mass is 19.1. The van der Waals surface area contributed by atoms with Crippen molar-refractivity contribution in [1.82, 2.24) is 10.2 Å². The third-order valence-corrected chi connectivity index (χ3v) is 4.40. The van der Waals surface area contributed by atoms with Crippen molar-refractivity contribution in [2.45, 2.75) is 32.7 Å². The van der Waals surface area contributed by atoms with Gasteiger partial charge in [0.25, 0.3) is 0 Å². The number of methoxy groups -OCH3 is 1. The van der Waals surface area contributed by atoms with Crippen LogP contribution in [0.4, 0.5) is 9.18 Å². The summed E-state index contributed by atoms with van der Waals surface area (Å²) in [5.74, 6) is 0.123. The van der Waals surface area contributed by atoms with E-state index in [0.717, 1.165) is 0 Å². The Morgan fingerprint density at radius 2 is 1.96 bits per heavy atom. The number of halogens is 1. The molecule has 6 nitrogen and oxygen atoms in total. The molecule has 0 bridgehead atoms. The summed E-state index contributed by atoms with van der Waals surface area (Å²) in [4.78, 5) is 25.4. The van der Waals surface area contributed by atoms with Crippen molar-refractivity contribution in [2.24, 2.45) is 0 Å². The molecule has 2 aromatic rings. The molecule has 146 valence electrons. The van der Waals surface area contributed by atoms with Gasteiger partial charge in [-0.15, -0.1) is 0 Å². The smallest absolute Gasteiger partial charge is 0.341 e. The molecule has 0 aliphatic carbocycles. The van der Waals surface area contributed by atoms with Crippen molar-refractivity contribution in [1.29, 1.82) is 0 Å². The lowest BCUT2D eigenvalue weighted by molar-refractivity contribution is 0.0598. The molecule has 0 unspecified atom stereocenters. The molecule has 0 fully saturated rings. The van der Waals surface area contributed by atoms with Gasteiger partial charge < -0.3 is 19.4 Å². The number of hydrogen-bond donors (Lipinski definition) is 1. The number of aryl methyl sites for hydroxylation is 1. The third-order valence-electron chi connectivity index (χ3n) is 4.40. The van der Waals surface area contributed by atoms with E-state index in [4.69, 9.17) is 4.42 Å². The monoisotopic (exact) mass is 376 g/mol. The third kappa shape index (κ3) is 4.87. The molecule has 27 heavy (non-hydrogen) atoms. The zero-order chi connectivity index (χ0) is 20.2. The Labute approximate surface area is 158 Å². The number of esters is 1. The first kappa shape index (κ1) is 20.5. The molecule has 7 heteroatoms. The average molecular weight is 376 g/mol. The second-order valence-electron chi connectivity index (χ2n) is 7.05. The van der Waals surface area contributed by atoms with Crippen LogP contribution in [0.2, 0.25) is 0 Å². The van der Waals surface area contributed by atoms with E-state index in [2.05, 4.69) is 10.1 Å². The second-order valence-corrected chi connectivity index (χ2v) is 7.05. The van der Waals surface area contributed by atoms with Crippen molar-refractivity contribution >= 4 is 12.0 Å². The van der Waals surface area contributed by atoms with E-state index in [0.29, 0.717) is 22.6 Å². The number of urea groups is 1. The molecule has 1 aromatic carbocycles. The fourth-order valence-corrected chi connectivity index (χ4v) is 2.78. The maximum absolute atomic E-state index is 14.0. The van der Waals surface area contributed by atoms with Crippen LogP contribution < -0.4 is 5.32 Å². The molecule has 0 spiro atoms. The first-order valence-corrected chi connectivity index (χ1v) is 8.57. The molecule has 2 rings (SSSR count). The van der Waals surface area contributed by atoms with E-state index in [1.54, 1.807) is 38.2 Å². The van der Waals surface area contributed by atoms with Crippen LogP contribution in [0, 0.1) is 12.7 Å². The molecule has 0 aliphatic rings. The van der Waals surface area contributed by atoms with Crippen molar-refractivity contribution in [2.75, 3.05) is 20.7 Å². The van der Waals surface area contributed by atoms with E-state index in [1.807, 2.05) is 13.8 Å². The van der Waals surface area contributed by atoms with Gasteiger partial charge in [0, 0.05) is 19.0 Å². The van der Waals surface area contributed by atoms with Crippen LogP contribution in [0.25, 0.3) is 0 Å². The van der Waals surface area contributed by atoms with Gasteiger partial charge in [0.1, 0.15) is 22.9 Å². The molecule has 0 atom stereocenters. The van der Waals surface area contributed by atoms with Crippen molar-refractivity contribution in [3.8, 4) is 0 Å². The summed E-state index contributed by atoms with van der Waals surface area (Å²) in [7, 11) is 2.91. The van der Waals surface area contributed by atoms with Gasteiger partial charge in [-0.05, 0) is 24.6 Å². The van der Waals surface area contributed by atoms with Crippen LogP contribution in [0.1, 0.15) is 41.3 Å². The Hall–Kier alpha value is -2.83. The summed E-state index contributed by atoms with van der Waals surface area (Å²) in [5.41, 5.74) is 0.306. The molecule has 0 aliphatic heterocycles. The minimum Gasteiger partial charge on any atom is -0.465 e. The number of carbonyl (C=O) groups is 2. The van der Waals surface area contributed by atoms with Gasteiger partial charge in [-0.25, -0.2) is 14.0 Å². The van der Waals surface area contributed by atoms with E-state index in [9.17, 15) is 14.0 Å². The Kier molecular flexibility index (Phi) is 6.25. The highest BCUT2D eigenvalue weighted by molar-refractivity contribution is 5.90. The minimum absolute atomic E-state index is 0.184. The average Bonchev–Trinajstić information content (AvgIpc) is 2.99. The summed E-state index contributed by atoms with van der Waals surface area (Å²) in [6, 6.07) is 7.76. The Bertz CT molecular complexity index is 829. The van der Waals surface area contributed by atoms with Crippen molar-refractivity contribution in [3.63, 3.8) is 0 Å². The first-order chi connectivity index (χ1) is 12.7. The highest BCUT2D eigenvalue weighted by Crippen LogP contribution is 2.25. The topological polar surface area (TPSA) is 71.8 Å². The number of nitrogens with zero attached hydrogens (tertiary/aromatic N) is 1. The van der Waals surface area contributed by atoms with Crippen LogP contribution >= 0.6 is 0 Å². The lowest BCUT2D eigenvalue weighted by Crippen LogP contribution is -2.43. The molecule has 0 saturated heterocycles. The zero-order valence-electron chi connectivity index (χ0n) is 16.3. The van der Waals surface area contributed by atoms with Gasteiger partial charge in [-0.3, -0.25) is 0 Å². The number of hydrogen-bond acceptors (Lipinski definition) is 4. The summed E-state index contributed by atoms with van der Waals surface area (Å²) in [6.45, 7) is 5.84. The van der Waals surface area contributed by atoms with Gasteiger partial charge >= 0.3 is 12.0 Å². The van der Waals surface area contributed by atoms with E-state index >= 15 is 0 Å². The van der Waals surface area contributed by atoms with E-state index < -0.39 is 11.4 Å². The second kappa shape index (κ2) is 8.24. The molecular weight excluding hydrogens is 351 g/mol. The predicted molar refractivity (Wildman–Crippen MR) is 99.1 cm³/mol. The number of rotatable bonds is 6. The molecule has 1 aromatic heterocycles. The maximum atomic E-state index is 14.0. The van der Waals surface area contributed by atoms with Crippen LogP contribution in [0.5, 0.6) is 0 Å². The molecular formula is C20H25FN2O4. The van der Waals surface area contributed by atoms with Gasteiger partial charge in [0.05, 0.1) is 13.7 Å². The van der Waals surface area contributed by atoms with Gasteiger partial charge in [0.2, 0.25) is 0 Å². The Morgan fingerprint density at radius 1 is 1.30 bits per heavy atom. The number of benzene rings is 1. The number of furan rings is 1. The van der Waals surface area contributed by atoms with Gasteiger partial charge in [-0.2, -0.15) is 0 Å². The predicted octanol–water partition coefficient (Wildman–Crippen LogP) is 3.63. The standard InChI is InChI=1S/C20H25FN2O4/c1-13-15(18(24)26-5)10-14(27-13)11-23(4)19(25)22-12-20(2,3)16-8-6-7-9-17(16)21/h6-10H,11-12H2,1-5H3,(H,22,25). The molecule has 2 amide bonds. The number of amides is 2. The van der Waals surface area contributed by atoms with Gasteiger partial charge in [-0.1, -0.05) is 32.0 Å². The van der Waals surface area contributed by atoms with Crippen molar-refractivity contribution in [3.05, 3.63) is 58.8 Å². The molecule has 0 radical (unpaired) electrons. The fraction of sp³-hybridized carbons (Fsp3) is 0.400. The largest absolute Gasteiger partial charge is 0.465 e. The van der Waals surface area contributed by atoms with Crippen LogP contribution in [-0.4, -0.2) is 37.6 Å². The summed E-state index contributed by atoms with van der Waals surface area (Å²) in [5, 5.41) is 2.81. The van der Waals surface area contributed by atoms with Crippen LogP contribution in [0.3, 0.4) is 0 Å². The summed E-state index contributed by atoms with van der Waals surface area (Å²) in [6.07, 6.45) is 0. The van der Waals surface area contributed by atoms with E-state index in [1.165, 1.54) is 18.1 Å². The first-order valence-electron chi connectivity index (χ1n) is 8.57. The molecule has 1 heterocycles. The highest BCUT2D eigenvalue weighted by Gasteiger charge is 2.25. The Morgan fingerprint density at radius 3 is 2.59 bits per heavy atom. The Balaban J connectivity index is 1.98. The lowest BCUT2D eigenvalue weighted by Gasteiger charge is -2.27. The van der Waals surface area contributed by atoms with Crippen molar-refractivity contribution < 1.29 is 23.1 Å².